The Balaban J connectivity index is 1.31. The molecule has 3 N–H and O–H groups in total. The van der Waals surface area contributed by atoms with E-state index in [1.54, 1.807) is 16.6 Å². The summed E-state index contributed by atoms with van der Waals surface area (Å²) in [5.41, 5.74) is 1.14. The maximum Gasteiger partial charge on any atom is 0.251 e. The number of amides is 1. The van der Waals surface area contributed by atoms with Crippen LogP contribution in [0.3, 0.4) is 0 Å². The Morgan fingerprint density at radius 3 is 2.94 bits per heavy atom. The third-order valence-electron chi connectivity index (χ3n) is 6.58. The molecule has 0 unspecified atom stereocenters. The smallest absolute Gasteiger partial charge is 0.251 e. The Labute approximate surface area is 200 Å². The third-order valence-corrected chi connectivity index (χ3v) is 6.81. The molecule has 0 radical (unpaired) electrons. The molecule has 1 aliphatic heterocycles. The zero-order valence-corrected chi connectivity index (χ0v) is 19.4. The van der Waals surface area contributed by atoms with Crippen LogP contribution in [-0.2, 0) is 4.79 Å². The van der Waals surface area contributed by atoms with Crippen LogP contribution >= 0.6 is 11.6 Å². The summed E-state index contributed by atoms with van der Waals surface area (Å²) >= 11 is 5.92. The molecular weight excluding hydrogens is 454 g/mol. The van der Waals surface area contributed by atoms with Crippen LogP contribution in [0.25, 0.3) is 5.52 Å². The predicted molar refractivity (Wildman–Crippen MR) is 130 cm³/mol. The summed E-state index contributed by atoms with van der Waals surface area (Å²) in [6, 6.07) is 9.28. The lowest BCUT2D eigenvalue weighted by Gasteiger charge is -2.33. The summed E-state index contributed by atoms with van der Waals surface area (Å²) in [5, 5.41) is 19.0. The number of carbonyl (C=O) groups excluding carboxylic acids is 1. The number of pyridine rings is 1. The minimum Gasteiger partial charge on any atom is -0.325 e. The lowest BCUT2D eigenvalue weighted by molar-refractivity contribution is -0.120. The first kappa shape index (κ1) is 20.9. The molecule has 11 heteroatoms. The van der Waals surface area contributed by atoms with E-state index in [0.29, 0.717) is 47.3 Å². The van der Waals surface area contributed by atoms with E-state index >= 15 is 0 Å². The van der Waals surface area contributed by atoms with Crippen molar-refractivity contribution in [2.75, 3.05) is 22.1 Å². The molecule has 34 heavy (non-hydrogen) atoms. The van der Waals surface area contributed by atoms with Crippen LogP contribution in [0.5, 0.6) is 0 Å². The van der Waals surface area contributed by atoms with E-state index in [9.17, 15) is 4.79 Å². The van der Waals surface area contributed by atoms with E-state index in [2.05, 4.69) is 25.8 Å². The molecule has 1 atom stereocenters. The minimum absolute atomic E-state index is 0.160. The van der Waals surface area contributed by atoms with Crippen molar-refractivity contribution >= 4 is 46.4 Å². The number of aromatic amines is 1. The molecule has 6 rings (SSSR count). The summed E-state index contributed by atoms with van der Waals surface area (Å²) in [7, 11) is 0. The Bertz CT molecular complexity index is 1360. The van der Waals surface area contributed by atoms with E-state index in [1.165, 1.54) is 19.0 Å². The molecule has 1 saturated heterocycles. The van der Waals surface area contributed by atoms with Crippen molar-refractivity contribution in [3.63, 3.8) is 0 Å². The first-order chi connectivity index (χ1) is 16.5. The average Bonchev–Trinajstić information content (AvgIpc) is 3.20. The normalized spacial score (nSPS) is 20.1. The third kappa shape index (κ3) is 3.73. The molecular formula is C23H24ClN9O. The van der Waals surface area contributed by atoms with Gasteiger partial charge >= 0.3 is 0 Å². The van der Waals surface area contributed by atoms with Gasteiger partial charge in [0, 0.05) is 36.6 Å². The fraction of sp³-hybridized carbons (Fsp3) is 0.348. The fourth-order valence-corrected chi connectivity index (χ4v) is 4.59. The molecule has 4 aromatic heterocycles. The number of fused-ring (bicyclic) bond motifs is 1. The van der Waals surface area contributed by atoms with Crippen molar-refractivity contribution in [1.29, 1.82) is 0 Å². The molecule has 0 spiro atoms. The van der Waals surface area contributed by atoms with Gasteiger partial charge in [-0.1, -0.05) is 11.6 Å². The minimum atomic E-state index is -0.828. The van der Waals surface area contributed by atoms with E-state index < -0.39 is 5.54 Å². The quantitative estimate of drug-likeness (QED) is 0.382. The van der Waals surface area contributed by atoms with Gasteiger partial charge < -0.3 is 15.5 Å². The Hall–Kier alpha value is -3.66. The lowest BCUT2D eigenvalue weighted by Crippen LogP contribution is -2.52. The largest absolute Gasteiger partial charge is 0.325 e. The number of nitrogens with one attached hydrogen (secondary N) is 3. The molecule has 1 aliphatic carbocycles. The number of hydrogen-bond donors (Lipinski definition) is 3. The van der Waals surface area contributed by atoms with Crippen LogP contribution in [0, 0.1) is 0 Å². The highest BCUT2D eigenvalue weighted by atomic mass is 35.5. The number of carbonyl (C=O) groups is 1. The second-order valence-electron chi connectivity index (χ2n) is 9.05. The average molecular weight is 478 g/mol. The first-order valence-corrected chi connectivity index (χ1v) is 11.8. The first-order valence-electron chi connectivity index (χ1n) is 11.4. The number of H-pyrrole nitrogens is 1. The van der Waals surface area contributed by atoms with Gasteiger partial charge in [-0.05, 0) is 56.9 Å². The number of rotatable bonds is 6. The lowest BCUT2D eigenvalue weighted by atomic mass is 9.98. The number of aromatic nitrogens is 6. The Morgan fingerprint density at radius 1 is 1.26 bits per heavy atom. The molecule has 5 heterocycles. The van der Waals surface area contributed by atoms with Gasteiger partial charge in [-0.15, -0.1) is 5.10 Å². The van der Waals surface area contributed by atoms with Gasteiger partial charge in [0.2, 0.25) is 5.95 Å². The predicted octanol–water partition coefficient (Wildman–Crippen LogP) is 4.12. The summed E-state index contributed by atoms with van der Waals surface area (Å²) in [4.78, 5) is 24.3. The highest BCUT2D eigenvalue weighted by Gasteiger charge is 2.45. The van der Waals surface area contributed by atoms with Crippen molar-refractivity contribution < 1.29 is 4.79 Å². The van der Waals surface area contributed by atoms with Gasteiger partial charge in [-0.2, -0.15) is 10.1 Å². The second-order valence-corrected chi connectivity index (χ2v) is 9.49. The zero-order valence-electron chi connectivity index (χ0n) is 18.6. The summed E-state index contributed by atoms with van der Waals surface area (Å²) < 4.78 is 1.77. The highest BCUT2D eigenvalue weighted by Crippen LogP contribution is 2.40. The number of hydrogen-bond acceptors (Lipinski definition) is 7. The van der Waals surface area contributed by atoms with E-state index in [-0.39, 0.29) is 5.91 Å². The SMILES string of the molecule is C[C@@]1(C(=O)Nc2ccc(Cl)cn2)CCCN1c1nc(Nc2cc(C3CC3)[nH]n2)c2cccn2n1. The Kier molecular flexibility index (Phi) is 4.91. The van der Waals surface area contributed by atoms with Crippen molar-refractivity contribution in [1.82, 2.24) is 29.8 Å². The van der Waals surface area contributed by atoms with Crippen molar-refractivity contribution in [2.45, 2.75) is 44.1 Å². The topological polar surface area (TPSA) is 116 Å². The molecule has 4 aromatic rings. The molecule has 1 saturated carbocycles. The van der Waals surface area contributed by atoms with Crippen LogP contribution in [0.2, 0.25) is 5.02 Å². The van der Waals surface area contributed by atoms with Crippen LogP contribution in [0.1, 0.15) is 44.2 Å². The maximum absolute atomic E-state index is 13.3. The molecule has 2 fully saturated rings. The molecule has 0 bridgehead atoms. The number of nitrogens with zero attached hydrogens (tertiary/aromatic N) is 6. The van der Waals surface area contributed by atoms with E-state index in [0.717, 1.165) is 17.6 Å². The van der Waals surface area contributed by atoms with Crippen molar-refractivity contribution in [3.8, 4) is 0 Å². The van der Waals surface area contributed by atoms with E-state index in [1.807, 2.05) is 36.2 Å². The monoisotopic (exact) mass is 477 g/mol. The van der Waals surface area contributed by atoms with Gasteiger partial charge in [0.25, 0.3) is 5.91 Å². The standard InChI is InChI=1S/C23H24ClN9O/c1-23(21(34)27-18-8-7-15(24)13-25-18)9-3-10-32(23)22-28-20(17-4-2-11-33(17)31-22)26-19-12-16(29-30-19)14-5-6-14/h2,4,7-8,11-14H,3,5-6,9-10H2,1H3,(H,25,27,34)(H2,26,28,29,30,31)/t23-/m0/s1. The van der Waals surface area contributed by atoms with Gasteiger partial charge in [0.15, 0.2) is 11.6 Å². The van der Waals surface area contributed by atoms with Crippen molar-refractivity contribution in [2.24, 2.45) is 0 Å². The van der Waals surface area contributed by atoms with E-state index in [4.69, 9.17) is 21.7 Å². The van der Waals surface area contributed by atoms with Crippen molar-refractivity contribution in [3.05, 3.63) is 53.4 Å². The molecule has 1 amide bonds. The van der Waals surface area contributed by atoms with Gasteiger partial charge in [-0.25, -0.2) is 9.50 Å². The summed E-state index contributed by atoms with van der Waals surface area (Å²) in [6.07, 6.45) is 7.30. The fourth-order valence-electron chi connectivity index (χ4n) is 4.48. The van der Waals surface area contributed by atoms with Gasteiger partial charge in [0.05, 0.1) is 5.02 Å². The highest BCUT2D eigenvalue weighted by molar-refractivity contribution is 6.30. The van der Waals surface area contributed by atoms with Crippen LogP contribution in [0.4, 0.5) is 23.4 Å². The second kappa shape index (κ2) is 7.98. The molecule has 10 nitrogen and oxygen atoms in total. The summed E-state index contributed by atoms with van der Waals surface area (Å²) in [6.45, 7) is 2.58. The zero-order chi connectivity index (χ0) is 23.3. The Morgan fingerprint density at radius 2 is 2.15 bits per heavy atom. The molecule has 2 aliphatic rings. The number of halogens is 1. The van der Waals surface area contributed by atoms with Crippen LogP contribution in [0.15, 0.2) is 42.7 Å². The number of anilines is 4. The van der Waals surface area contributed by atoms with Crippen LogP contribution in [-0.4, -0.2) is 47.8 Å². The van der Waals surface area contributed by atoms with Gasteiger partial charge in [-0.3, -0.25) is 9.89 Å². The van der Waals surface area contributed by atoms with Crippen LogP contribution < -0.4 is 15.5 Å². The molecule has 0 aromatic carbocycles. The van der Waals surface area contributed by atoms with Gasteiger partial charge in [0.1, 0.15) is 16.9 Å². The summed E-state index contributed by atoms with van der Waals surface area (Å²) in [5.74, 6) is 2.70. The molecule has 174 valence electrons. The maximum atomic E-state index is 13.3.